The molecular weight excluding hydrogens is 393 g/mol. The van der Waals surface area contributed by atoms with Crippen molar-refractivity contribution in [2.24, 2.45) is 0 Å². The van der Waals surface area contributed by atoms with Gasteiger partial charge in [-0.2, -0.15) is 0 Å². The Morgan fingerprint density at radius 1 is 1.22 bits per heavy atom. The SMILES string of the molecule is COc1cn2c(cc1=O)C(=O)N(CCNC(=O)c1ccc(Cl)cc1Cl)CC2. The van der Waals surface area contributed by atoms with Crippen LogP contribution >= 0.6 is 23.2 Å². The zero-order valence-corrected chi connectivity index (χ0v) is 16.0. The molecule has 2 aromatic rings. The van der Waals surface area contributed by atoms with Gasteiger partial charge in [-0.1, -0.05) is 23.2 Å². The summed E-state index contributed by atoms with van der Waals surface area (Å²) in [5.74, 6) is -0.408. The number of amides is 2. The Morgan fingerprint density at radius 3 is 2.70 bits per heavy atom. The van der Waals surface area contributed by atoms with Gasteiger partial charge in [-0.3, -0.25) is 14.4 Å². The van der Waals surface area contributed by atoms with Gasteiger partial charge >= 0.3 is 0 Å². The van der Waals surface area contributed by atoms with Gasteiger partial charge in [-0.05, 0) is 18.2 Å². The molecule has 0 atom stereocenters. The predicted molar refractivity (Wildman–Crippen MR) is 102 cm³/mol. The van der Waals surface area contributed by atoms with Gasteiger partial charge < -0.3 is 19.5 Å². The highest BCUT2D eigenvalue weighted by Crippen LogP contribution is 2.20. The number of benzene rings is 1. The molecule has 1 aromatic heterocycles. The molecule has 9 heteroatoms. The number of rotatable bonds is 5. The van der Waals surface area contributed by atoms with Gasteiger partial charge in [0.1, 0.15) is 5.69 Å². The monoisotopic (exact) mass is 409 g/mol. The quantitative estimate of drug-likeness (QED) is 0.819. The second-order valence-corrected chi connectivity index (χ2v) is 6.80. The first-order valence-corrected chi connectivity index (χ1v) is 8.97. The number of nitrogens with one attached hydrogen (secondary N) is 1. The van der Waals surface area contributed by atoms with Crippen LogP contribution in [0.5, 0.6) is 5.75 Å². The van der Waals surface area contributed by atoms with Gasteiger partial charge in [-0.25, -0.2) is 0 Å². The molecule has 0 spiro atoms. The molecule has 0 radical (unpaired) electrons. The average Bonchev–Trinajstić information content (AvgIpc) is 2.63. The largest absolute Gasteiger partial charge is 0.491 e. The van der Waals surface area contributed by atoms with E-state index in [0.717, 1.165) is 0 Å². The van der Waals surface area contributed by atoms with E-state index in [1.165, 1.54) is 25.4 Å². The third kappa shape index (κ3) is 4.09. The topological polar surface area (TPSA) is 80.6 Å². The van der Waals surface area contributed by atoms with Crippen molar-refractivity contribution in [3.63, 3.8) is 0 Å². The Kier molecular flexibility index (Phi) is 5.72. The number of nitrogens with zero attached hydrogens (tertiary/aromatic N) is 2. The summed E-state index contributed by atoms with van der Waals surface area (Å²) in [6.45, 7) is 1.57. The van der Waals surface area contributed by atoms with E-state index in [9.17, 15) is 14.4 Å². The lowest BCUT2D eigenvalue weighted by atomic mass is 10.2. The summed E-state index contributed by atoms with van der Waals surface area (Å²) in [6.07, 6.45) is 1.54. The summed E-state index contributed by atoms with van der Waals surface area (Å²) >= 11 is 11.8. The number of hydrogen-bond acceptors (Lipinski definition) is 4. The molecule has 0 aliphatic carbocycles. The smallest absolute Gasteiger partial charge is 0.270 e. The number of aromatic nitrogens is 1. The summed E-state index contributed by atoms with van der Waals surface area (Å²) < 4.78 is 6.70. The Hall–Kier alpha value is -2.51. The molecule has 27 heavy (non-hydrogen) atoms. The Bertz CT molecular complexity index is 958. The van der Waals surface area contributed by atoms with Crippen molar-refractivity contribution >= 4 is 35.0 Å². The Labute approximate surface area is 165 Å². The van der Waals surface area contributed by atoms with Crippen molar-refractivity contribution in [3.05, 3.63) is 62.0 Å². The van der Waals surface area contributed by atoms with Gasteiger partial charge in [0.25, 0.3) is 11.8 Å². The van der Waals surface area contributed by atoms with E-state index < -0.39 is 0 Å². The lowest BCUT2D eigenvalue weighted by molar-refractivity contribution is 0.0696. The van der Waals surface area contributed by atoms with Crippen molar-refractivity contribution in [1.29, 1.82) is 0 Å². The Morgan fingerprint density at radius 2 is 2.00 bits per heavy atom. The molecule has 1 aliphatic heterocycles. The van der Waals surface area contributed by atoms with Crippen molar-refractivity contribution in [2.45, 2.75) is 6.54 Å². The molecule has 3 rings (SSSR count). The summed E-state index contributed by atoms with van der Waals surface area (Å²) in [7, 11) is 1.41. The molecule has 2 heterocycles. The Balaban J connectivity index is 1.62. The minimum atomic E-state index is -0.345. The second kappa shape index (κ2) is 8.02. The summed E-state index contributed by atoms with van der Waals surface area (Å²) in [5.41, 5.74) is 0.277. The number of hydrogen-bond donors (Lipinski definition) is 1. The van der Waals surface area contributed by atoms with Gasteiger partial charge in [0.2, 0.25) is 5.43 Å². The number of pyridine rings is 1. The molecule has 142 valence electrons. The van der Waals surface area contributed by atoms with E-state index in [4.69, 9.17) is 27.9 Å². The number of carbonyl (C=O) groups excluding carboxylic acids is 2. The number of halogens is 2. The number of ether oxygens (including phenoxy) is 1. The van der Waals surface area contributed by atoms with Crippen molar-refractivity contribution in [3.8, 4) is 5.75 Å². The molecule has 1 aliphatic rings. The molecule has 0 bridgehead atoms. The molecule has 0 fully saturated rings. The van der Waals surface area contributed by atoms with Crippen LogP contribution in [0.4, 0.5) is 0 Å². The van der Waals surface area contributed by atoms with E-state index in [2.05, 4.69) is 5.32 Å². The first kappa shape index (κ1) is 19.3. The molecule has 2 amide bonds. The molecule has 0 saturated heterocycles. The fraction of sp³-hybridized carbons (Fsp3) is 0.278. The lowest BCUT2D eigenvalue weighted by Gasteiger charge is -2.30. The van der Waals surface area contributed by atoms with Crippen LogP contribution in [0.1, 0.15) is 20.8 Å². The summed E-state index contributed by atoms with van der Waals surface area (Å²) in [5, 5.41) is 3.44. The minimum absolute atomic E-state index is 0.201. The van der Waals surface area contributed by atoms with Crippen LogP contribution in [0.15, 0.2) is 35.3 Å². The van der Waals surface area contributed by atoms with Crippen LogP contribution in [-0.2, 0) is 6.54 Å². The molecule has 0 unspecified atom stereocenters. The normalized spacial score (nSPS) is 13.3. The molecule has 7 nitrogen and oxygen atoms in total. The first-order chi connectivity index (χ1) is 12.9. The molecule has 1 aromatic carbocycles. The third-order valence-corrected chi connectivity index (χ3v) is 4.82. The maximum absolute atomic E-state index is 12.6. The van der Waals surface area contributed by atoms with Crippen LogP contribution in [0.2, 0.25) is 10.0 Å². The highest BCUT2D eigenvalue weighted by atomic mass is 35.5. The standard InChI is InChI=1S/C18H17Cl2N3O4/c1-27-16-10-23-7-6-22(18(26)14(23)9-15(16)24)5-4-21-17(25)12-3-2-11(19)8-13(12)20/h2-3,8-10H,4-7H2,1H3,(H,21,25). The summed E-state index contributed by atoms with van der Waals surface area (Å²) in [6, 6.07) is 5.90. The minimum Gasteiger partial charge on any atom is -0.491 e. The zero-order valence-electron chi connectivity index (χ0n) is 14.5. The average molecular weight is 410 g/mol. The molecular formula is C18H17Cl2N3O4. The zero-order chi connectivity index (χ0) is 19.6. The van der Waals surface area contributed by atoms with E-state index in [1.807, 2.05) is 0 Å². The number of carbonyl (C=O) groups is 2. The van der Waals surface area contributed by atoms with Crippen LogP contribution in [0.3, 0.4) is 0 Å². The van der Waals surface area contributed by atoms with Gasteiger partial charge in [-0.15, -0.1) is 0 Å². The number of methoxy groups -OCH3 is 1. The predicted octanol–water partition coefficient (Wildman–Crippen LogP) is 2.05. The van der Waals surface area contributed by atoms with E-state index in [0.29, 0.717) is 35.9 Å². The summed E-state index contributed by atoms with van der Waals surface area (Å²) in [4.78, 5) is 38.3. The van der Waals surface area contributed by atoms with E-state index in [-0.39, 0.29) is 34.6 Å². The van der Waals surface area contributed by atoms with Crippen LogP contribution in [-0.4, -0.2) is 48.0 Å². The molecule has 0 saturated carbocycles. The maximum Gasteiger partial charge on any atom is 0.270 e. The fourth-order valence-corrected chi connectivity index (χ4v) is 3.35. The lowest BCUT2D eigenvalue weighted by Crippen LogP contribution is -2.45. The highest BCUT2D eigenvalue weighted by Gasteiger charge is 2.25. The van der Waals surface area contributed by atoms with Crippen molar-refractivity contribution in [2.75, 3.05) is 26.7 Å². The number of fused-ring (bicyclic) bond motifs is 1. The van der Waals surface area contributed by atoms with Crippen LogP contribution < -0.4 is 15.5 Å². The maximum atomic E-state index is 12.6. The fourth-order valence-electron chi connectivity index (χ4n) is 2.85. The van der Waals surface area contributed by atoms with Crippen molar-refractivity contribution in [1.82, 2.24) is 14.8 Å². The van der Waals surface area contributed by atoms with E-state index >= 15 is 0 Å². The van der Waals surface area contributed by atoms with E-state index in [1.54, 1.807) is 21.6 Å². The molecule has 1 N–H and O–H groups in total. The van der Waals surface area contributed by atoms with Crippen molar-refractivity contribution < 1.29 is 14.3 Å². The van der Waals surface area contributed by atoms with Gasteiger partial charge in [0.05, 0.1) is 23.9 Å². The third-order valence-electron chi connectivity index (χ3n) is 4.27. The van der Waals surface area contributed by atoms with Crippen LogP contribution in [0, 0.1) is 0 Å². The van der Waals surface area contributed by atoms with Crippen LogP contribution in [0.25, 0.3) is 0 Å². The highest BCUT2D eigenvalue weighted by molar-refractivity contribution is 6.36. The van der Waals surface area contributed by atoms with Gasteiger partial charge in [0.15, 0.2) is 5.75 Å². The first-order valence-electron chi connectivity index (χ1n) is 8.21. The second-order valence-electron chi connectivity index (χ2n) is 5.96. The van der Waals surface area contributed by atoms with Gasteiger partial charge in [0, 0.05) is 37.3 Å².